The van der Waals surface area contributed by atoms with E-state index >= 15 is 0 Å². The lowest BCUT2D eigenvalue weighted by Gasteiger charge is -2.30. The summed E-state index contributed by atoms with van der Waals surface area (Å²) in [7, 11) is -1.95. The van der Waals surface area contributed by atoms with Crippen LogP contribution in [-0.4, -0.2) is 34.0 Å². The van der Waals surface area contributed by atoms with E-state index in [0.29, 0.717) is 18.0 Å². The van der Waals surface area contributed by atoms with Crippen molar-refractivity contribution in [3.63, 3.8) is 0 Å². The van der Waals surface area contributed by atoms with Crippen molar-refractivity contribution in [1.29, 1.82) is 0 Å². The third-order valence-corrected chi connectivity index (χ3v) is 4.87. The van der Waals surface area contributed by atoms with Crippen molar-refractivity contribution in [2.75, 3.05) is 18.5 Å². The first kappa shape index (κ1) is 15.8. The number of benzene rings is 1. The maximum atomic E-state index is 12.2. The molecule has 7 heteroatoms. The molecule has 1 atom stereocenters. The highest BCUT2D eigenvalue weighted by Crippen LogP contribution is 2.34. The van der Waals surface area contributed by atoms with Crippen LogP contribution in [0.1, 0.15) is 26.7 Å². The molecular formula is C14H20N2O4S. The molecule has 1 N–H and O–H groups in total. The van der Waals surface area contributed by atoms with Gasteiger partial charge in [-0.05, 0) is 31.5 Å². The van der Waals surface area contributed by atoms with Gasteiger partial charge in [0.1, 0.15) is 5.75 Å². The molecule has 1 aliphatic heterocycles. The fourth-order valence-electron chi connectivity index (χ4n) is 2.13. The predicted molar refractivity (Wildman–Crippen MR) is 80.0 cm³/mol. The summed E-state index contributed by atoms with van der Waals surface area (Å²) in [6.07, 6.45) is 1.13. The van der Waals surface area contributed by atoms with Crippen molar-refractivity contribution in [3.05, 3.63) is 18.2 Å². The largest absolute Gasteiger partial charge is 0.479 e. The Morgan fingerprint density at radius 2 is 2.10 bits per heavy atom. The van der Waals surface area contributed by atoms with E-state index < -0.39 is 16.1 Å². The van der Waals surface area contributed by atoms with Gasteiger partial charge in [-0.3, -0.25) is 4.79 Å². The normalized spacial score (nSPS) is 18.3. The summed E-state index contributed by atoms with van der Waals surface area (Å²) >= 11 is 0. The molecule has 0 radical (unpaired) electrons. The van der Waals surface area contributed by atoms with Gasteiger partial charge >= 0.3 is 0 Å². The van der Waals surface area contributed by atoms with E-state index in [0.717, 1.165) is 12.8 Å². The summed E-state index contributed by atoms with van der Waals surface area (Å²) in [6, 6.07) is 4.54. The van der Waals surface area contributed by atoms with E-state index in [-0.39, 0.29) is 10.8 Å². The molecule has 0 saturated heterocycles. The molecule has 0 bridgehead atoms. The van der Waals surface area contributed by atoms with Crippen LogP contribution < -0.4 is 14.4 Å². The minimum atomic E-state index is -3.56. The van der Waals surface area contributed by atoms with Crippen LogP contribution in [-0.2, 0) is 14.8 Å². The second-order valence-corrected chi connectivity index (χ2v) is 6.81. The first-order valence-electron chi connectivity index (χ1n) is 6.94. The number of carbonyl (C=O) groups excluding carboxylic acids is 1. The van der Waals surface area contributed by atoms with Crippen LogP contribution >= 0.6 is 0 Å². The molecule has 0 saturated carbocycles. The van der Waals surface area contributed by atoms with Gasteiger partial charge in [-0.25, -0.2) is 13.1 Å². The highest BCUT2D eigenvalue weighted by atomic mass is 32.2. The molecule has 6 nitrogen and oxygen atoms in total. The van der Waals surface area contributed by atoms with Crippen molar-refractivity contribution in [1.82, 2.24) is 4.72 Å². The fraction of sp³-hybridized carbons (Fsp3) is 0.500. The summed E-state index contributed by atoms with van der Waals surface area (Å²) in [4.78, 5) is 13.5. The summed E-state index contributed by atoms with van der Waals surface area (Å²) < 4.78 is 32.4. The molecular weight excluding hydrogens is 292 g/mol. The topological polar surface area (TPSA) is 75.7 Å². The standard InChI is InChI=1S/C14H20N2O4S/c1-4-5-8-15-21(18,19)11-6-7-13-12(9-11)16(3)14(17)10(2)20-13/h6-7,9-10,15H,4-5,8H2,1-3H3. The van der Waals surface area contributed by atoms with Crippen molar-refractivity contribution >= 4 is 21.6 Å². The number of carbonyl (C=O) groups is 1. The summed E-state index contributed by atoms with van der Waals surface area (Å²) in [6.45, 7) is 4.06. The Labute approximate surface area is 125 Å². The number of nitrogens with one attached hydrogen (secondary N) is 1. The molecule has 21 heavy (non-hydrogen) atoms. The van der Waals surface area contributed by atoms with Crippen molar-refractivity contribution < 1.29 is 17.9 Å². The van der Waals surface area contributed by atoms with Crippen LogP contribution in [0.25, 0.3) is 0 Å². The zero-order chi connectivity index (χ0) is 15.6. The summed E-state index contributed by atoms with van der Waals surface area (Å²) in [5, 5.41) is 0. The number of fused-ring (bicyclic) bond motifs is 1. The molecule has 0 fully saturated rings. The van der Waals surface area contributed by atoms with Crippen LogP contribution in [0.4, 0.5) is 5.69 Å². The van der Waals surface area contributed by atoms with E-state index in [9.17, 15) is 13.2 Å². The highest BCUT2D eigenvalue weighted by Gasteiger charge is 2.30. The number of anilines is 1. The SMILES string of the molecule is CCCCNS(=O)(=O)c1ccc2c(c1)N(C)C(=O)C(C)O2. The van der Waals surface area contributed by atoms with Gasteiger partial charge < -0.3 is 9.64 Å². The van der Waals surface area contributed by atoms with Gasteiger partial charge in [-0.15, -0.1) is 0 Å². The molecule has 1 aliphatic rings. The Morgan fingerprint density at radius 3 is 2.76 bits per heavy atom. The highest BCUT2D eigenvalue weighted by molar-refractivity contribution is 7.89. The molecule has 116 valence electrons. The maximum Gasteiger partial charge on any atom is 0.267 e. The Hall–Kier alpha value is -1.60. The monoisotopic (exact) mass is 312 g/mol. The second kappa shape index (κ2) is 6.03. The first-order valence-corrected chi connectivity index (χ1v) is 8.43. The summed E-state index contributed by atoms with van der Waals surface area (Å²) in [5.74, 6) is 0.313. The second-order valence-electron chi connectivity index (χ2n) is 5.04. The minimum Gasteiger partial charge on any atom is -0.479 e. The summed E-state index contributed by atoms with van der Waals surface area (Å²) in [5.41, 5.74) is 0.469. The van der Waals surface area contributed by atoms with E-state index in [1.54, 1.807) is 20.0 Å². The number of ether oxygens (including phenoxy) is 1. The maximum absolute atomic E-state index is 12.2. The van der Waals surface area contributed by atoms with Gasteiger partial charge in [0.25, 0.3) is 5.91 Å². The number of sulfonamides is 1. The first-order chi connectivity index (χ1) is 9.86. The third kappa shape index (κ3) is 3.19. The van der Waals surface area contributed by atoms with Gasteiger partial charge in [0, 0.05) is 13.6 Å². The lowest BCUT2D eigenvalue weighted by atomic mass is 10.2. The average molecular weight is 312 g/mol. The van der Waals surface area contributed by atoms with Crippen molar-refractivity contribution in [2.45, 2.75) is 37.7 Å². The lowest BCUT2D eigenvalue weighted by molar-refractivity contribution is -0.125. The molecule has 1 amide bonds. The van der Waals surface area contributed by atoms with Gasteiger partial charge in [0.2, 0.25) is 10.0 Å². The molecule has 1 aromatic rings. The van der Waals surface area contributed by atoms with Gasteiger partial charge in [0.05, 0.1) is 10.6 Å². The third-order valence-electron chi connectivity index (χ3n) is 3.41. The van der Waals surface area contributed by atoms with Gasteiger partial charge in [0.15, 0.2) is 6.10 Å². The van der Waals surface area contributed by atoms with E-state index in [1.165, 1.54) is 17.0 Å². The van der Waals surface area contributed by atoms with Crippen LogP contribution in [0.15, 0.2) is 23.1 Å². The van der Waals surface area contributed by atoms with Crippen LogP contribution in [0.3, 0.4) is 0 Å². The Bertz CT molecular complexity index is 642. The molecule has 0 aliphatic carbocycles. The number of amides is 1. The van der Waals surface area contributed by atoms with E-state index in [2.05, 4.69) is 4.72 Å². The minimum absolute atomic E-state index is 0.134. The fourth-order valence-corrected chi connectivity index (χ4v) is 3.22. The molecule has 0 aromatic heterocycles. The zero-order valence-corrected chi connectivity index (χ0v) is 13.2. The number of hydrogen-bond donors (Lipinski definition) is 1. The smallest absolute Gasteiger partial charge is 0.267 e. The molecule has 1 heterocycles. The molecule has 2 rings (SSSR count). The number of hydrogen-bond acceptors (Lipinski definition) is 4. The molecule has 0 spiro atoms. The molecule has 1 unspecified atom stereocenters. The number of rotatable bonds is 5. The van der Waals surface area contributed by atoms with Crippen molar-refractivity contribution in [3.8, 4) is 5.75 Å². The number of likely N-dealkylation sites (N-methyl/N-ethyl adjacent to an activating group) is 1. The van der Waals surface area contributed by atoms with Crippen LogP contribution in [0, 0.1) is 0 Å². The Morgan fingerprint density at radius 1 is 1.38 bits per heavy atom. The predicted octanol–water partition coefficient (Wildman–Crippen LogP) is 1.51. The van der Waals surface area contributed by atoms with Crippen LogP contribution in [0.2, 0.25) is 0 Å². The zero-order valence-electron chi connectivity index (χ0n) is 12.4. The van der Waals surface area contributed by atoms with E-state index in [4.69, 9.17) is 4.74 Å². The quantitative estimate of drug-likeness (QED) is 0.836. The lowest BCUT2D eigenvalue weighted by Crippen LogP contribution is -2.42. The number of nitrogens with zero attached hydrogens (tertiary/aromatic N) is 1. The number of unbranched alkanes of at least 4 members (excludes halogenated alkanes) is 1. The van der Waals surface area contributed by atoms with Gasteiger partial charge in [-0.2, -0.15) is 0 Å². The van der Waals surface area contributed by atoms with Crippen LogP contribution in [0.5, 0.6) is 5.75 Å². The Balaban J connectivity index is 2.31. The molecule has 1 aromatic carbocycles. The van der Waals surface area contributed by atoms with E-state index in [1.807, 2.05) is 6.92 Å². The Kier molecular flexibility index (Phi) is 4.53. The van der Waals surface area contributed by atoms with Gasteiger partial charge in [-0.1, -0.05) is 13.3 Å². The van der Waals surface area contributed by atoms with Crippen molar-refractivity contribution in [2.24, 2.45) is 0 Å². The average Bonchev–Trinajstić information content (AvgIpc) is 2.44.